The van der Waals surface area contributed by atoms with Crippen LogP contribution >= 0.6 is 0 Å². The van der Waals surface area contributed by atoms with E-state index in [0.29, 0.717) is 0 Å². The fourth-order valence-electron chi connectivity index (χ4n) is 1.23. The fourth-order valence-corrected chi connectivity index (χ4v) is 2.28. The molecule has 0 spiro atoms. The Labute approximate surface area is 101 Å². The maximum Gasteiger partial charge on any atom is 0.325 e. The van der Waals surface area contributed by atoms with Crippen molar-refractivity contribution in [3.05, 3.63) is 51.6 Å². The van der Waals surface area contributed by atoms with Crippen LogP contribution in [0.25, 0.3) is 0 Å². The molecule has 0 radical (unpaired) electrons. The number of aromatic amines is 2. The molecule has 8 nitrogen and oxygen atoms in total. The van der Waals surface area contributed by atoms with Gasteiger partial charge in [0.25, 0.3) is 15.6 Å². The van der Waals surface area contributed by atoms with Gasteiger partial charge in [0.05, 0.1) is 11.9 Å². The van der Waals surface area contributed by atoms with Gasteiger partial charge in [-0.2, -0.15) is 0 Å². The lowest BCUT2D eigenvalue weighted by Crippen LogP contribution is -2.29. The molecule has 18 heavy (non-hydrogen) atoms. The molecule has 0 aliphatic rings. The van der Waals surface area contributed by atoms with Crippen LogP contribution in [-0.2, 0) is 10.0 Å². The van der Waals surface area contributed by atoms with Crippen LogP contribution < -0.4 is 16.0 Å². The number of nitrogens with one attached hydrogen (secondary N) is 3. The summed E-state index contributed by atoms with van der Waals surface area (Å²) in [4.78, 5) is 29.2. The van der Waals surface area contributed by atoms with Crippen LogP contribution in [0.1, 0.15) is 0 Å². The van der Waals surface area contributed by atoms with Crippen molar-refractivity contribution in [1.29, 1.82) is 0 Å². The van der Waals surface area contributed by atoms with Crippen LogP contribution in [0.15, 0.2) is 45.2 Å². The van der Waals surface area contributed by atoms with Crippen LogP contribution in [0.2, 0.25) is 0 Å². The largest absolute Gasteiger partial charge is 0.325 e. The number of rotatable bonds is 3. The molecule has 3 N–H and O–H groups in total. The molecule has 2 aromatic heterocycles. The first-order valence-electron chi connectivity index (χ1n) is 4.74. The minimum Gasteiger partial charge on any atom is -0.313 e. The van der Waals surface area contributed by atoms with Crippen molar-refractivity contribution >= 4 is 15.7 Å². The average Bonchev–Trinajstić information content (AvgIpc) is 2.29. The summed E-state index contributed by atoms with van der Waals surface area (Å²) < 4.78 is 25.9. The number of aromatic nitrogens is 3. The molecular formula is C9H8N4O4S. The van der Waals surface area contributed by atoms with E-state index < -0.39 is 26.2 Å². The number of hydrogen-bond acceptors (Lipinski definition) is 5. The van der Waals surface area contributed by atoms with E-state index in [1.807, 2.05) is 4.98 Å². The predicted octanol–water partition coefficient (Wildman–Crippen LogP) is -0.741. The maximum absolute atomic E-state index is 11.9. The molecule has 2 aromatic rings. The summed E-state index contributed by atoms with van der Waals surface area (Å²) in [6.45, 7) is 0. The molecule has 0 saturated heterocycles. The highest BCUT2D eigenvalue weighted by molar-refractivity contribution is 7.92. The minimum absolute atomic E-state index is 0.211. The van der Waals surface area contributed by atoms with Crippen molar-refractivity contribution in [3.8, 4) is 0 Å². The summed E-state index contributed by atoms with van der Waals surface area (Å²) in [5, 5.41) is 0. The average molecular weight is 268 g/mol. The van der Waals surface area contributed by atoms with Gasteiger partial charge in [-0.25, -0.2) is 13.2 Å². The Balaban J connectivity index is 2.43. The summed E-state index contributed by atoms with van der Waals surface area (Å²) in [5.74, 6) is 0. The van der Waals surface area contributed by atoms with E-state index in [0.717, 1.165) is 6.20 Å². The van der Waals surface area contributed by atoms with E-state index in [4.69, 9.17) is 0 Å². The molecule has 0 unspecified atom stereocenters. The highest BCUT2D eigenvalue weighted by Gasteiger charge is 2.18. The molecule has 0 aliphatic heterocycles. The van der Waals surface area contributed by atoms with Crippen molar-refractivity contribution in [1.82, 2.24) is 15.0 Å². The van der Waals surface area contributed by atoms with Gasteiger partial charge in [0.15, 0.2) is 4.90 Å². The van der Waals surface area contributed by atoms with Gasteiger partial charge in [0, 0.05) is 12.4 Å². The first-order valence-corrected chi connectivity index (χ1v) is 6.22. The SMILES string of the molecule is O=c1[nH]cc(S(=O)(=O)Nc2cccnc2)c(=O)[nH]1. The Bertz CT molecular complexity index is 763. The highest BCUT2D eigenvalue weighted by Crippen LogP contribution is 2.09. The van der Waals surface area contributed by atoms with Crippen molar-refractivity contribution in [2.75, 3.05) is 4.72 Å². The third kappa shape index (κ3) is 2.46. The molecule has 0 bridgehead atoms. The molecule has 0 aromatic carbocycles. The van der Waals surface area contributed by atoms with Crippen molar-refractivity contribution in [3.63, 3.8) is 0 Å². The monoisotopic (exact) mass is 268 g/mol. The lowest BCUT2D eigenvalue weighted by molar-refractivity contribution is 0.599. The second kappa shape index (κ2) is 4.45. The van der Waals surface area contributed by atoms with E-state index >= 15 is 0 Å². The fraction of sp³-hybridized carbons (Fsp3) is 0. The Morgan fingerprint density at radius 1 is 1.28 bits per heavy atom. The normalized spacial score (nSPS) is 11.1. The molecule has 0 amide bonds. The number of sulfonamides is 1. The standard InChI is InChI=1S/C9H8N4O4S/c14-8-7(5-11-9(15)12-8)18(16,17)13-6-2-1-3-10-4-6/h1-5,13H,(H2,11,12,14,15). The van der Waals surface area contributed by atoms with E-state index in [-0.39, 0.29) is 5.69 Å². The highest BCUT2D eigenvalue weighted by atomic mass is 32.2. The van der Waals surface area contributed by atoms with Crippen LogP contribution in [0, 0.1) is 0 Å². The minimum atomic E-state index is -4.06. The molecule has 0 fully saturated rings. The molecule has 9 heteroatoms. The van der Waals surface area contributed by atoms with E-state index in [9.17, 15) is 18.0 Å². The Kier molecular flexibility index (Phi) is 2.98. The zero-order valence-electron chi connectivity index (χ0n) is 8.88. The molecule has 0 atom stereocenters. The van der Waals surface area contributed by atoms with Gasteiger partial charge >= 0.3 is 5.69 Å². The summed E-state index contributed by atoms with van der Waals surface area (Å²) >= 11 is 0. The topological polar surface area (TPSA) is 125 Å². The van der Waals surface area contributed by atoms with Gasteiger partial charge in [-0.3, -0.25) is 19.5 Å². The smallest absolute Gasteiger partial charge is 0.313 e. The first-order chi connectivity index (χ1) is 8.49. The third-order valence-electron chi connectivity index (χ3n) is 1.99. The molecule has 0 aliphatic carbocycles. The quantitative estimate of drug-likeness (QED) is 0.676. The third-order valence-corrected chi connectivity index (χ3v) is 3.38. The van der Waals surface area contributed by atoms with Crippen LogP contribution in [0.4, 0.5) is 5.69 Å². The van der Waals surface area contributed by atoms with Crippen LogP contribution in [0.3, 0.4) is 0 Å². The van der Waals surface area contributed by atoms with Crippen LogP contribution in [-0.4, -0.2) is 23.4 Å². The van der Waals surface area contributed by atoms with Gasteiger partial charge in [-0.1, -0.05) is 0 Å². The first kappa shape index (κ1) is 12.0. The summed E-state index contributed by atoms with van der Waals surface area (Å²) in [5.41, 5.74) is -1.56. The Morgan fingerprint density at radius 2 is 2.06 bits per heavy atom. The number of nitrogens with zero attached hydrogens (tertiary/aromatic N) is 1. The second-order valence-corrected chi connectivity index (χ2v) is 4.93. The maximum atomic E-state index is 11.9. The lowest BCUT2D eigenvalue weighted by atomic mass is 10.4. The second-order valence-electron chi connectivity index (χ2n) is 3.28. The van der Waals surface area contributed by atoms with E-state index in [2.05, 4.69) is 14.7 Å². The molecule has 0 saturated carbocycles. The van der Waals surface area contributed by atoms with Gasteiger partial charge in [-0.15, -0.1) is 0 Å². The molecule has 2 rings (SSSR count). The van der Waals surface area contributed by atoms with Gasteiger partial charge in [-0.05, 0) is 12.1 Å². The predicted molar refractivity (Wildman–Crippen MR) is 62.7 cm³/mol. The van der Waals surface area contributed by atoms with Crippen molar-refractivity contribution < 1.29 is 8.42 Å². The van der Waals surface area contributed by atoms with E-state index in [1.165, 1.54) is 24.5 Å². The van der Waals surface area contributed by atoms with Crippen molar-refractivity contribution in [2.45, 2.75) is 4.90 Å². The van der Waals surface area contributed by atoms with Crippen LogP contribution in [0.5, 0.6) is 0 Å². The Morgan fingerprint density at radius 3 is 2.67 bits per heavy atom. The van der Waals surface area contributed by atoms with E-state index in [1.54, 1.807) is 0 Å². The zero-order chi connectivity index (χ0) is 13.2. The molecule has 94 valence electrons. The number of H-pyrrole nitrogens is 2. The number of hydrogen-bond donors (Lipinski definition) is 3. The zero-order valence-corrected chi connectivity index (χ0v) is 9.69. The van der Waals surface area contributed by atoms with Crippen molar-refractivity contribution in [2.24, 2.45) is 0 Å². The lowest BCUT2D eigenvalue weighted by Gasteiger charge is -2.05. The summed E-state index contributed by atoms with van der Waals surface area (Å²) in [7, 11) is -4.06. The van der Waals surface area contributed by atoms with Gasteiger partial charge < -0.3 is 4.98 Å². The summed E-state index contributed by atoms with van der Waals surface area (Å²) in [6, 6.07) is 3.01. The van der Waals surface area contributed by atoms with Gasteiger partial charge in [0.1, 0.15) is 0 Å². The Hall–Kier alpha value is -2.42. The number of pyridine rings is 1. The molecular weight excluding hydrogens is 260 g/mol. The number of anilines is 1. The molecule has 2 heterocycles. The summed E-state index contributed by atoms with van der Waals surface area (Å²) in [6.07, 6.45) is 3.60. The van der Waals surface area contributed by atoms with Gasteiger partial charge in [0.2, 0.25) is 0 Å².